The minimum Gasteiger partial charge on any atom is -0.341 e. The molecule has 1 N–H and O–H groups in total. The molecule has 0 bridgehead atoms. The summed E-state index contributed by atoms with van der Waals surface area (Å²) in [5, 5.41) is 3.22. The highest BCUT2D eigenvalue weighted by Gasteiger charge is 2.38. The van der Waals surface area contributed by atoms with Gasteiger partial charge in [-0.2, -0.15) is 0 Å². The van der Waals surface area contributed by atoms with E-state index in [1.54, 1.807) is 17.0 Å². The van der Waals surface area contributed by atoms with Crippen molar-refractivity contribution in [3.8, 4) is 0 Å². The number of amides is 2. The van der Waals surface area contributed by atoms with E-state index in [2.05, 4.69) is 5.32 Å². The van der Waals surface area contributed by atoms with Gasteiger partial charge in [0, 0.05) is 19.0 Å². The van der Waals surface area contributed by atoms with Crippen molar-refractivity contribution in [3.05, 3.63) is 28.8 Å². The van der Waals surface area contributed by atoms with Gasteiger partial charge in [0.1, 0.15) is 6.04 Å². The lowest BCUT2D eigenvalue weighted by atomic mass is 10.1. The van der Waals surface area contributed by atoms with Crippen LogP contribution in [-0.2, 0) is 9.59 Å². The maximum absolute atomic E-state index is 12.3. The van der Waals surface area contributed by atoms with Gasteiger partial charge in [-0.25, -0.2) is 0 Å². The summed E-state index contributed by atoms with van der Waals surface area (Å²) in [5.41, 5.74) is 1.50. The Morgan fingerprint density at radius 1 is 1.50 bits per heavy atom. The maximum atomic E-state index is 12.3. The van der Waals surface area contributed by atoms with E-state index >= 15 is 0 Å². The summed E-state index contributed by atoms with van der Waals surface area (Å²) >= 11 is 6.16. The number of fused-ring (bicyclic) bond motifs is 1. The van der Waals surface area contributed by atoms with Crippen molar-refractivity contribution in [1.82, 2.24) is 5.32 Å². The second-order valence-corrected chi connectivity index (χ2v) is 4.71. The van der Waals surface area contributed by atoms with E-state index in [9.17, 15) is 9.59 Å². The van der Waals surface area contributed by atoms with Crippen LogP contribution in [0.1, 0.15) is 31.9 Å². The average Bonchev–Trinajstić information content (AvgIpc) is 2.56. The van der Waals surface area contributed by atoms with Crippen LogP contribution >= 0.6 is 11.6 Å². The van der Waals surface area contributed by atoms with Crippen LogP contribution in [0.2, 0.25) is 5.02 Å². The van der Waals surface area contributed by atoms with Crippen LogP contribution in [0.25, 0.3) is 0 Å². The van der Waals surface area contributed by atoms with E-state index < -0.39 is 6.04 Å². The summed E-state index contributed by atoms with van der Waals surface area (Å²) in [6, 6.07) is 4.77. The average molecular weight is 267 g/mol. The number of nitrogens with zero attached hydrogens (tertiary/aromatic N) is 1. The topological polar surface area (TPSA) is 49.4 Å². The van der Waals surface area contributed by atoms with Crippen LogP contribution < -0.4 is 10.2 Å². The van der Waals surface area contributed by atoms with Gasteiger partial charge < -0.3 is 10.2 Å². The van der Waals surface area contributed by atoms with E-state index in [-0.39, 0.29) is 11.8 Å². The monoisotopic (exact) mass is 266 g/mol. The first kappa shape index (κ1) is 12.9. The largest absolute Gasteiger partial charge is 0.341 e. The fourth-order valence-electron chi connectivity index (χ4n) is 2.24. The van der Waals surface area contributed by atoms with Crippen molar-refractivity contribution in [2.75, 3.05) is 11.4 Å². The minimum absolute atomic E-state index is 0.116. The van der Waals surface area contributed by atoms with Crippen molar-refractivity contribution in [2.24, 2.45) is 0 Å². The lowest BCUT2D eigenvalue weighted by Gasteiger charge is -2.17. The Morgan fingerprint density at radius 2 is 2.22 bits per heavy atom. The summed E-state index contributed by atoms with van der Waals surface area (Å²) < 4.78 is 0. The van der Waals surface area contributed by atoms with Crippen LogP contribution in [0, 0.1) is 0 Å². The number of hydrogen-bond acceptors (Lipinski definition) is 2. The predicted molar refractivity (Wildman–Crippen MR) is 70.7 cm³/mol. The minimum atomic E-state index is -0.609. The summed E-state index contributed by atoms with van der Waals surface area (Å²) in [6.07, 6.45) is 0.837. The molecule has 0 aliphatic carbocycles. The van der Waals surface area contributed by atoms with Gasteiger partial charge in [-0.3, -0.25) is 9.59 Å². The summed E-state index contributed by atoms with van der Waals surface area (Å²) in [6.45, 7) is 4.00. The van der Waals surface area contributed by atoms with Crippen molar-refractivity contribution < 1.29 is 9.59 Å². The molecule has 0 fully saturated rings. The van der Waals surface area contributed by atoms with Crippen LogP contribution in [0.4, 0.5) is 5.69 Å². The molecule has 1 aromatic carbocycles. The normalized spacial score (nSPS) is 17.8. The number of benzene rings is 1. The van der Waals surface area contributed by atoms with E-state index in [1.807, 2.05) is 13.0 Å². The van der Waals surface area contributed by atoms with Crippen molar-refractivity contribution in [1.29, 1.82) is 0 Å². The number of carbonyl (C=O) groups is 2. The molecule has 1 atom stereocenters. The third kappa shape index (κ3) is 2.08. The Bertz CT molecular complexity index is 502. The Morgan fingerprint density at radius 3 is 2.83 bits per heavy atom. The van der Waals surface area contributed by atoms with Crippen LogP contribution in [0.15, 0.2) is 18.2 Å². The molecule has 18 heavy (non-hydrogen) atoms. The Hall–Kier alpha value is -1.55. The summed E-state index contributed by atoms with van der Waals surface area (Å²) in [7, 11) is 0. The second kappa shape index (κ2) is 4.98. The van der Waals surface area contributed by atoms with Crippen LogP contribution in [0.5, 0.6) is 0 Å². The van der Waals surface area contributed by atoms with Gasteiger partial charge in [0.25, 0.3) is 5.91 Å². The van der Waals surface area contributed by atoms with Crippen molar-refractivity contribution in [2.45, 2.75) is 26.3 Å². The third-order valence-corrected chi connectivity index (χ3v) is 3.21. The van der Waals surface area contributed by atoms with Gasteiger partial charge in [0.15, 0.2) is 0 Å². The molecule has 0 aromatic heterocycles. The fraction of sp³-hybridized carbons (Fsp3) is 0.385. The number of halogens is 1. The van der Waals surface area contributed by atoms with E-state index in [0.29, 0.717) is 11.6 Å². The molecule has 0 spiro atoms. The number of para-hydroxylation sites is 1. The van der Waals surface area contributed by atoms with Gasteiger partial charge in [-0.05, 0) is 12.5 Å². The van der Waals surface area contributed by atoms with Gasteiger partial charge in [-0.15, -0.1) is 0 Å². The fourth-order valence-corrected chi connectivity index (χ4v) is 2.52. The molecule has 0 radical (unpaired) electrons. The molecule has 2 rings (SSSR count). The third-order valence-electron chi connectivity index (χ3n) is 2.91. The number of rotatable bonds is 3. The lowest BCUT2D eigenvalue weighted by molar-refractivity contribution is -0.126. The van der Waals surface area contributed by atoms with Gasteiger partial charge in [0.2, 0.25) is 5.91 Å². The maximum Gasteiger partial charge on any atom is 0.254 e. The second-order valence-electron chi connectivity index (χ2n) is 4.30. The number of nitrogens with one attached hydrogen (secondary N) is 1. The molecule has 1 aromatic rings. The molecule has 0 saturated carbocycles. The zero-order valence-electron chi connectivity index (χ0n) is 10.4. The zero-order valence-corrected chi connectivity index (χ0v) is 11.1. The first-order chi connectivity index (χ1) is 8.56. The van der Waals surface area contributed by atoms with Crippen molar-refractivity contribution >= 4 is 29.1 Å². The van der Waals surface area contributed by atoms with Crippen molar-refractivity contribution in [3.63, 3.8) is 0 Å². The predicted octanol–water partition coefficient (Wildman–Crippen LogP) is 2.27. The number of anilines is 1. The molecule has 2 amide bonds. The van der Waals surface area contributed by atoms with Gasteiger partial charge in [-0.1, -0.05) is 30.7 Å². The van der Waals surface area contributed by atoms with E-state index in [4.69, 9.17) is 11.6 Å². The molecular formula is C13H15ClN2O2. The SMILES string of the molecule is CCCN1C(=O)C(NC(C)=O)c2cccc(Cl)c21. The quantitative estimate of drug-likeness (QED) is 0.912. The molecule has 5 heteroatoms. The molecule has 1 heterocycles. The molecule has 4 nitrogen and oxygen atoms in total. The summed E-state index contributed by atoms with van der Waals surface area (Å²) in [5.74, 6) is -0.340. The standard InChI is InChI=1S/C13H15ClN2O2/c1-3-7-16-12-9(5-4-6-10(12)14)11(13(16)18)15-8(2)17/h4-6,11H,3,7H2,1-2H3,(H,15,17). The Labute approximate surface area is 111 Å². The molecule has 1 aliphatic heterocycles. The molecule has 1 aliphatic rings. The van der Waals surface area contributed by atoms with E-state index in [0.717, 1.165) is 17.7 Å². The number of carbonyl (C=O) groups excluding carboxylic acids is 2. The first-order valence-corrected chi connectivity index (χ1v) is 6.31. The Kier molecular flexibility index (Phi) is 3.57. The molecule has 0 saturated heterocycles. The zero-order chi connectivity index (χ0) is 13.3. The lowest BCUT2D eigenvalue weighted by Crippen LogP contribution is -2.36. The van der Waals surface area contributed by atoms with E-state index in [1.165, 1.54) is 6.92 Å². The molecule has 96 valence electrons. The molecule has 1 unspecified atom stereocenters. The Balaban J connectivity index is 2.46. The van der Waals surface area contributed by atoms with Crippen LogP contribution in [-0.4, -0.2) is 18.4 Å². The molecular weight excluding hydrogens is 252 g/mol. The highest BCUT2D eigenvalue weighted by Crippen LogP contribution is 2.40. The highest BCUT2D eigenvalue weighted by atomic mass is 35.5. The first-order valence-electron chi connectivity index (χ1n) is 5.93. The van der Waals surface area contributed by atoms with Crippen LogP contribution in [0.3, 0.4) is 0 Å². The van der Waals surface area contributed by atoms with Gasteiger partial charge >= 0.3 is 0 Å². The smallest absolute Gasteiger partial charge is 0.254 e. The highest BCUT2D eigenvalue weighted by molar-refractivity contribution is 6.34. The number of hydrogen-bond donors (Lipinski definition) is 1. The van der Waals surface area contributed by atoms with Gasteiger partial charge in [0.05, 0.1) is 10.7 Å². The summed E-state index contributed by atoms with van der Waals surface area (Å²) in [4.78, 5) is 25.1.